The summed E-state index contributed by atoms with van der Waals surface area (Å²) >= 11 is 5.84. The summed E-state index contributed by atoms with van der Waals surface area (Å²) in [5.41, 5.74) is 0. The molecule has 0 unspecified atom stereocenters. The zero-order valence-corrected chi connectivity index (χ0v) is 12.5. The number of aliphatic carboxylic acids is 1. The molecule has 0 radical (unpaired) electrons. The molecule has 1 aromatic rings. The van der Waals surface area contributed by atoms with Crippen molar-refractivity contribution in [3.8, 4) is 5.75 Å². The van der Waals surface area contributed by atoms with Gasteiger partial charge in [0.1, 0.15) is 11.6 Å². The smallest absolute Gasteiger partial charge is 0.328 e. The van der Waals surface area contributed by atoms with E-state index in [9.17, 15) is 14.0 Å². The molecule has 1 aliphatic heterocycles. The molecule has 0 aromatic heterocycles. The standard InChI is InChI=1S/C14H15ClFNO5/c1-8(22-12-3-2-9(16)6-10(12)15)13(18)17-4-5-21-7-11(17)14(19)20/h2-3,6,8,11H,4-5,7H2,1H3,(H,19,20)/t8-,11+/m0/s1. The molecule has 1 aliphatic rings. The highest BCUT2D eigenvalue weighted by Gasteiger charge is 2.35. The fourth-order valence-corrected chi connectivity index (χ4v) is 2.33. The Balaban J connectivity index is 2.09. The van der Waals surface area contributed by atoms with Gasteiger partial charge in [0.2, 0.25) is 0 Å². The number of halogens is 2. The van der Waals surface area contributed by atoms with E-state index >= 15 is 0 Å². The first-order valence-electron chi connectivity index (χ1n) is 6.63. The number of ether oxygens (including phenoxy) is 2. The van der Waals surface area contributed by atoms with Crippen LogP contribution in [0, 0.1) is 5.82 Å². The first-order chi connectivity index (χ1) is 10.4. The maximum Gasteiger partial charge on any atom is 0.328 e. The highest BCUT2D eigenvalue weighted by atomic mass is 35.5. The second-order valence-corrected chi connectivity index (χ2v) is 5.20. The molecule has 0 spiro atoms. The number of nitrogens with zero attached hydrogens (tertiary/aromatic N) is 1. The van der Waals surface area contributed by atoms with E-state index < -0.39 is 29.8 Å². The fraction of sp³-hybridized carbons (Fsp3) is 0.429. The van der Waals surface area contributed by atoms with Crippen molar-refractivity contribution in [2.45, 2.75) is 19.1 Å². The molecular formula is C14H15ClFNO5. The van der Waals surface area contributed by atoms with Gasteiger partial charge >= 0.3 is 5.97 Å². The molecule has 2 rings (SSSR count). The Bertz CT molecular complexity index is 582. The van der Waals surface area contributed by atoms with E-state index in [4.69, 9.17) is 26.2 Å². The maximum absolute atomic E-state index is 13.0. The third kappa shape index (κ3) is 3.66. The van der Waals surface area contributed by atoms with Crippen LogP contribution in [0.25, 0.3) is 0 Å². The third-order valence-electron chi connectivity index (χ3n) is 3.24. The summed E-state index contributed by atoms with van der Waals surface area (Å²) in [7, 11) is 0. The number of carboxylic acids is 1. The van der Waals surface area contributed by atoms with Crippen molar-refractivity contribution in [3.63, 3.8) is 0 Å². The average molecular weight is 332 g/mol. The summed E-state index contributed by atoms with van der Waals surface area (Å²) in [6, 6.07) is 2.50. The zero-order valence-electron chi connectivity index (χ0n) is 11.8. The number of morpholine rings is 1. The minimum Gasteiger partial charge on any atom is -0.480 e. The first-order valence-corrected chi connectivity index (χ1v) is 7.00. The largest absolute Gasteiger partial charge is 0.480 e. The van der Waals surface area contributed by atoms with Crippen LogP contribution in [0.3, 0.4) is 0 Å². The van der Waals surface area contributed by atoms with E-state index in [-0.39, 0.29) is 30.5 Å². The molecule has 1 fully saturated rings. The lowest BCUT2D eigenvalue weighted by molar-refractivity contribution is -0.161. The van der Waals surface area contributed by atoms with Gasteiger partial charge in [-0.3, -0.25) is 4.79 Å². The van der Waals surface area contributed by atoms with E-state index in [0.717, 1.165) is 12.1 Å². The number of carbonyl (C=O) groups is 2. The van der Waals surface area contributed by atoms with Gasteiger partial charge in [0.25, 0.3) is 5.91 Å². The molecule has 0 bridgehead atoms. The van der Waals surface area contributed by atoms with Crippen LogP contribution in [0.15, 0.2) is 18.2 Å². The van der Waals surface area contributed by atoms with Gasteiger partial charge in [0, 0.05) is 6.54 Å². The lowest BCUT2D eigenvalue weighted by atomic mass is 10.2. The number of carbonyl (C=O) groups excluding carboxylic acids is 1. The van der Waals surface area contributed by atoms with Gasteiger partial charge in [-0.25, -0.2) is 9.18 Å². The molecule has 6 nitrogen and oxygen atoms in total. The molecule has 120 valence electrons. The molecule has 0 saturated carbocycles. The average Bonchev–Trinajstić information content (AvgIpc) is 2.49. The van der Waals surface area contributed by atoms with Crippen molar-refractivity contribution >= 4 is 23.5 Å². The minimum absolute atomic E-state index is 0.0383. The van der Waals surface area contributed by atoms with Gasteiger partial charge in [-0.1, -0.05) is 11.6 Å². The van der Waals surface area contributed by atoms with Crippen LogP contribution in [-0.2, 0) is 14.3 Å². The molecule has 1 amide bonds. The number of hydrogen-bond acceptors (Lipinski definition) is 4. The van der Waals surface area contributed by atoms with Crippen molar-refractivity contribution in [2.24, 2.45) is 0 Å². The molecule has 2 atom stereocenters. The van der Waals surface area contributed by atoms with E-state index in [2.05, 4.69) is 0 Å². The molecule has 0 aliphatic carbocycles. The lowest BCUT2D eigenvalue weighted by Crippen LogP contribution is -2.55. The van der Waals surface area contributed by atoms with Gasteiger partial charge in [-0.15, -0.1) is 0 Å². The summed E-state index contributed by atoms with van der Waals surface area (Å²) < 4.78 is 23.5. The van der Waals surface area contributed by atoms with Crippen molar-refractivity contribution in [3.05, 3.63) is 29.0 Å². The topological polar surface area (TPSA) is 76.1 Å². The van der Waals surface area contributed by atoms with Crippen LogP contribution in [0.4, 0.5) is 4.39 Å². The van der Waals surface area contributed by atoms with Gasteiger partial charge in [0.15, 0.2) is 12.1 Å². The van der Waals surface area contributed by atoms with E-state index in [1.807, 2.05) is 0 Å². The second-order valence-electron chi connectivity index (χ2n) is 4.80. The number of amides is 1. The summed E-state index contributed by atoms with van der Waals surface area (Å²) in [6.45, 7) is 1.85. The molecule has 1 saturated heterocycles. The minimum atomic E-state index is -1.14. The maximum atomic E-state index is 13.0. The predicted octanol–water partition coefficient (Wildman–Crippen LogP) is 1.56. The summed E-state index contributed by atoms with van der Waals surface area (Å²) in [5, 5.41) is 9.16. The van der Waals surface area contributed by atoms with Crippen LogP contribution in [0.5, 0.6) is 5.75 Å². The van der Waals surface area contributed by atoms with Crippen molar-refractivity contribution in [1.82, 2.24) is 4.90 Å². The third-order valence-corrected chi connectivity index (χ3v) is 3.54. The first kappa shape index (κ1) is 16.5. The molecule has 1 N–H and O–H groups in total. The lowest BCUT2D eigenvalue weighted by Gasteiger charge is -2.34. The van der Waals surface area contributed by atoms with Crippen LogP contribution in [-0.4, -0.2) is 53.8 Å². The van der Waals surface area contributed by atoms with Crippen molar-refractivity contribution < 1.29 is 28.6 Å². The van der Waals surface area contributed by atoms with Gasteiger partial charge in [-0.05, 0) is 25.1 Å². The molecule has 1 aromatic carbocycles. The fourth-order valence-electron chi connectivity index (χ4n) is 2.12. The van der Waals surface area contributed by atoms with Crippen LogP contribution in [0.2, 0.25) is 5.02 Å². The predicted molar refractivity (Wildman–Crippen MR) is 75.5 cm³/mol. The number of hydrogen-bond donors (Lipinski definition) is 1. The number of benzene rings is 1. The quantitative estimate of drug-likeness (QED) is 0.906. The Labute approximate surface area is 131 Å². The van der Waals surface area contributed by atoms with Crippen molar-refractivity contribution in [1.29, 1.82) is 0 Å². The molecular weight excluding hydrogens is 317 g/mol. The van der Waals surface area contributed by atoms with Gasteiger partial charge < -0.3 is 19.5 Å². The Kier molecular flexibility index (Phi) is 5.20. The Morgan fingerprint density at radius 1 is 1.55 bits per heavy atom. The zero-order chi connectivity index (χ0) is 16.3. The Morgan fingerprint density at radius 3 is 2.91 bits per heavy atom. The number of carboxylic acid groups (broad SMARTS) is 1. The SMILES string of the molecule is C[C@H](Oc1ccc(F)cc1Cl)C(=O)N1CCOC[C@@H]1C(=O)O. The molecule has 8 heteroatoms. The molecule has 22 heavy (non-hydrogen) atoms. The Morgan fingerprint density at radius 2 is 2.27 bits per heavy atom. The molecule has 1 heterocycles. The van der Waals surface area contributed by atoms with E-state index in [0.29, 0.717) is 0 Å². The summed E-state index contributed by atoms with van der Waals surface area (Å²) in [5.74, 6) is -1.99. The highest BCUT2D eigenvalue weighted by Crippen LogP contribution is 2.26. The normalized spacial score (nSPS) is 19.6. The monoisotopic (exact) mass is 331 g/mol. The Hall–Kier alpha value is -1.86. The van der Waals surface area contributed by atoms with Gasteiger partial charge in [-0.2, -0.15) is 0 Å². The van der Waals surface area contributed by atoms with E-state index in [1.165, 1.54) is 17.9 Å². The van der Waals surface area contributed by atoms with E-state index in [1.54, 1.807) is 0 Å². The van der Waals surface area contributed by atoms with Crippen LogP contribution < -0.4 is 4.74 Å². The van der Waals surface area contributed by atoms with Gasteiger partial charge in [0.05, 0.1) is 18.2 Å². The number of rotatable bonds is 4. The summed E-state index contributed by atoms with van der Waals surface area (Å²) in [4.78, 5) is 24.7. The second kappa shape index (κ2) is 6.93. The van der Waals surface area contributed by atoms with Crippen LogP contribution in [0.1, 0.15) is 6.92 Å². The summed E-state index contributed by atoms with van der Waals surface area (Å²) in [6.07, 6.45) is -0.956. The van der Waals surface area contributed by atoms with Crippen LogP contribution >= 0.6 is 11.6 Å². The van der Waals surface area contributed by atoms with Crippen molar-refractivity contribution in [2.75, 3.05) is 19.8 Å². The highest BCUT2D eigenvalue weighted by molar-refractivity contribution is 6.32.